The van der Waals surface area contributed by atoms with E-state index in [-0.39, 0.29) is 23.9 Å². The molecule has 0 radical (unpaired) electrons. The minimum absolute atomic E-state index is 0.113. The first-order valence-corrected chi connectivity index (χ1v) is 7.47. The van der Waals surface area contributed by atoms with Crippen LogP contribution >= 0.6 is 11.8 Å². The van der Waals surface area contributed by atoms with E-state index in [1.807, 2.05) is 0 Å². The normalized spacial score (nSPS) is 16.8. The maximum atomic E-state index is 12.0. The fourth-order valence-corrected chi connectivity index (χ4v) is 3.44. The number of hydrogen-bond donors (Lipinski definition) is 1. The average Bonchev–Trinajstić information content (AvgIpc) is 2.96. The highest BCUT2D eigenvalue weighted by atomic mass is 32.2. The van der Waals surface area contributed by atoms with Gasteiger partial charge in [-0.25, -0.2) is 4.98 Å². The molecule has 0 aromatic carbocycles. The SMILES string of the molecule is Cc1cc(=O)n2c(n1)SC[C@H]2CC(=O)Nc1cc(C)on1. The van der Waals surface area contributed by atoms with Crippen molar-refractivity contribution in [2.45, 2.75) is 31.5 Å². The molecule has 1 aliphatic heterocycles. The molecule has 110 valence electrons. The number of nitrogens with one attached hydrogen (secondary N) is 1. The van der Waals surface area contributed by atoms with Crippen molar-refractivity contribution in [2.24, 2.45) is 0 Å². The average molecular weight is 306 g/mol. The monoisotopic (exact) mass is 306 g/mol. The molecule has 0 fully saturated rings. The maximum Gasteiger partial charge on any atom is 0.254 e. The van der Waals surface area contributed by atoms with Gasteiger partial charge < -0.3 is 9.84 Å². The Morgan fingerprint density at radius 2 is 2.33 bits per heavy atom. The summed E-state index contributed by atoms with van der Waals surface area (Å²) in [5.41, 5.74) is 0.583. The van der Waals surface area contributed by atoms with Crippen LogP contribution in [0.2, 0.25) is 0 Å². The smallest absolute Gasteiger partial charge is 0.254 e. The van der Waals surface area contributed by atoms with Gasteiger partial charge in [-0.15, -0.1) is 0 Å². The lowest BCUT2D eigenvalue weighted by Crippen LogP contribution is -2.27. The molecule has 0 saturated heterocycles. The van der Waals surface area contributed by atoms with E-state index in [9.17, 15) is 9.59 Å². The topological polar surface area (TPSA) is 90.0 Å². The second-order valence-electron chi connectivity index (χ2n) is 4.93. The third-order valence-corrected chi connectivity index (χ3v) is 4.23. The van der Waals surface area contributed by atoms with Crippen LogP contribution in [0.3, 0.4) is 0 Å². The quantitative estimate of drug-likeness (QED) is 0.865. The Bertz CT molecular complexity index is 752. The fourth-order valence-electron chi connectivity index (χ4n) is 2.25. The summed E-state index contributed by atoms with van der Waals surface area (Å²) in [5, 5.41) is 7.05. The van der Waals surface area contributed by atoms with Gasteiger partial charge >= 0.3 is 0 Å². The highest BCUT2D eigenvalue weighted by molar-refractivity contribution is 7.99. The third kappa shape index (κ3) is 2.85. The summed E-state index contributed by atoms with van der Waals surface area (Å²) in [4.78, 5) is 28.4. The summed E-state index contributed by atoms with van der Waals surface area (Å²) < 4.78 is 6.48. The van der Waals surface area contributed by atoms with Gasteiger partial charge in [-0.05, 0) is 13.8 Å². The number of rotatable bonds is 3. The minimum atomic E-state index is -0.200. The molecule has 3 heterocycles. The van der Waals surface area contributed by atoms with Crippen LogP contribution in [0.15, 0.2) is 26.6 Å². The predicted octanol–water partition coefficient (Wildman–Crippen LogP) is 1.52. The van der Waals surface area contributed by atoms with Gasteiger partial charge in [0.2, 0.25) is 5.91 Å². The molecule has 1 atom stereocenters. The van der Waals surface area contributed by atoms with E-state index in [0.29, 0.717) is 28.2 Å². The summed E-state index contributed by atoms with van der Waals surface area (Å²) >= 11 is 1.49. The van der Waals surface area contributed by atoms with E-state index in [0.717, 1.165) is 0 Å². The number of nitrogens with zero attached hydrogens (tertiary/aromatic N) is 3. The van der Waals surface area contributed by atoms with Crippen molar-refractivity contribution in [1.82, 2.24) is 14.7 Å². The van der Waals surface area contributed by atoms with Gasteiger partial charge in [-0.3, -0.25) is 14.2 Å². The summed E-state index contributed by atoms with van der Waals surface area (Å²) in [6.07, 6.45) is 0.205. The van der Waals surface area contributed by atoms with Gasteiger partial charge in [-0.2, -0.15) is 0 Å². The van der Waals surface area contributed by atoms with Gasteiger partial charge in [0.25, 0.3) is 5.56 Å². The lowest BCUT2D eigenvalue weighted by Gasteiger charge is -2.12. The van der Waals surface area contributed by atoms with Gasteiger partial charge in [0, 0.05) is 30.0 Å². The largest absolute Gasteiger partial charge is 0.360 e. The number of carbonyl (C=O) groups is 1. The van der Waals surface area contributed by atoms with Crippen molar-refractivity contribution < 1.29 is 9.32 Å². The standard InChI is InChI=1S/C13H14N4O3S/c1-7-3-12(19)17-9(6-21-13(17)14-7)5-11(18)15-10-4-8(2)20-16-10/h3-4,9H,5-6H2,1-2H3,(H,15,16,18)/t9-/m1/s1. The number of carbonyl (C=O) groups excluding carboxylic acids is 1. The van der Waals surface area contributed by atoms with Crippen molar-refractivity contribution >= 4 is 23.5 Å². The zero-order chi connectivity index (χ0) is 15.0. The van der Waals surface area contributed by atoms with Crippen LogP contribution in [0.1, 0.15) is 23.9 Å². The molecule has 1 N–H and O–H groups in total. The highest BCUT2D eigenvalue weighted by Crippen LogP contribution is 2.32. The first-order chi connectivity index (χ1) is 10.0. The number of aryl methyl sites for hydroxylation is 2. The number of aromatic nitrogens is 3. The summed E-state index contributed by atoms with van der Waals surface area (Å²) in [6.45, 7) is 3.54. The van der Waals surface area contributed by atoms with Gasteiger partial charge in [0.05, 0.1) is 6.04 Å². The number of hydrogen-bond acceptors (Lipinski definition) is 6. The van der Waals surface area contributed by atoms with Crippen molar-refractivity contribution in [3.63, 3.8) is 0 Å². The second-order valence-corrected chi connectivity index (χ2v) is 5.92. The zero-order valence-electron chi connectivity index (χ0n) is 11.6. The van der Waals surface area contributed by atoms with E-state index in [1.165, 1.54) is 17.8 Å². The first-order valence-electron chi connectivity index (χ1n) is 6.49. The Morgan fingerprint density at radius 1 is 1.52 bits per heavy atom. The Labute approximate surface area is 124 Å². The van der Waals surface area contributed by atoms with Crippen LogP contribution in [0.4, 0.5) is 5.82 Å². The number of thioether (sulfide) groups is 1. The summed E-state index contributed by atoms with van der Waals surface area (Å²) in [6, 6.07) is 2.95. The molecular weight excluding hydrogens is 292 g/mol. The zero-order valence-corrected chi connectivity index (χ0v) is 12.4. The maximum absolute atomic E-state index is 12.0. The van der Waals surface area contributed by atoms with Crippen molar-refractivity contribution in [3.05, 3.63) is 33.9 Å². The second kappa shape index (κ2) is 5.36. The minimum Gasteiger partial charge on any atom is -0.360 e. The fraction of sp³-hybridized carbons (Fsp3) is 0.385. The lowest BCUT2D eigenvalue weighted by molar-refractivity contribution is -0.116. The van der Waals surface area contributed by atoms with E-state index >= 15 is 0 Å². The Kier molecular flexibility index (Phi) is 3.54. The number of amides is 1. The van der Waals surface area contributed by atoms with Crippen LogP contribution < -0.4 is 10.9 Å². The third-order valence-electron chi connectivity index (χ3n) is 3.13. The summed E-state index contributed by atoms with van der Waals surface area (Å²) in [7, 11) is 0. The molecule has 2 aromatic rings. The molecule has 7 nitrogen and oxygen atoms in total. The van der Waals surface area contributed by atoms with Gasteiger partial charge in [0.15, 0.2) is 11.0 Å². The number of anilines is 1. The van der Waals surface area contributed by atoms with E-state index in [2.05, 4.69) is 15.5 Å². The van der Waals surface area contributed by atoms with Crippen molar-refractivity contribution in [3.8, 4) is 0 Å². The molecule has 3 rings (SSSR count). The molecule has 0 bridgehead atoms. The van der Waals surface area contributed by atoms with Crippen LogP contribution in [-0.2, 0) is 4.79 Å². The number of fused-ring (bicyclic) bond motifs is 1. The summed E-state index contributed by atoms with van der Waals surface area (Å²) in [5.74, 6) is 1.48. The molecule has 1 amide bonds. The van der Waals surface area contributed by atoms with Crippen molar-refractivity contribution in [1.29, 1.82) is 0 Å². The van der Waals surface area contributed by atoms with E-state index in [1.54, 1.807) is 24.5 Å². The molecular formula is C13H14N4O3S. The molecule has 2 aromatic heterocycles. The molecule has 1 aliphatic rings. The van der Waals surface area contributed by atoms with Crippen LogP contribution in [0, 0.1) is 13.8 Å². The lowest BCUT2D eigenvalue weighted by atomic mass is 10.2. The molecule has 0 spiro atoms. The van der Waals surface area contributed by atoms with Crippen molar-refractivity contribution in [2.75, 3.05) is 11.1 Å². The Morgan fingerprint density at radius 3 is 3.05 bits per heavy atom. The van der Waals surface area contributed by atoms with Gasteiger partial charge in [0.1, 0.15) is 5.76 Å². The Balaban J connectivity index is 1.73. The molecule has 0 saturated carbocycles. The van der Waals surface area contributed by atoms with Crippen LogP contribution in [0.5, 0.6) is 0 Å². The predicted molar refractivity (Wildman–Crippen MR) is 77.5 cm³/mol. The molecule has 8 heteroatoms. The van der Waals surface area contributed by atoms with E-state index < -0.39 is 0 Å². The highest BCUT2D eigenvalue weighted by Gasteiger charge is 2.27. The molecule has 0 unspecified atom stereocenters. The van der Waals surface area contributed by atoms with Crippen LogP contribution in [-0.4, -0.2) is 26.4 Å². The first kappa shape index (κ1) is 13.9. The molecule has 0 aliphatic carbocycles. The molecule has 21 heavy (non-hydrogen) atoms. The Hall–Kier alpha value is -2.09. The van der Waals surface area contributed by atoms with E-state index in [4.69, 9.17) is 4.52 Å². The van der Waals surface area contributed by atoms with Crippen LogP contribution in [0.25, 0.3) is 0 Å². The van der Waals surface area contributed by atoms with Gasteiger partial charge in [-0.1, -0.05) is 16.9 Å².